The first-order valence-electron chi connectivity index (χ1n) is 11.7. The van der Waals surface area contributed by atoms with Gasteiger partial charge in [-0.25, -0.2) is 0 Å². The highest BCUT2D eigenvalue weighted by molar-refractivity contribution is 5.82. The molecule has 3 aliphatic rings. The monoisotopic (exact) mass is 426 g/mol. The Morgan fingerprint density at radius 1 is 0.968 bits per heavy atom. The second-order valence-corrected chi connectivity index (χ2v) is 9.13. The van der Waals surface area contributed by atoms with E-state index in [4.69, 9.17) is 0 Å². The average Bonchev–Trinajstić information content (AvgIpc) is 2.96. The third-order valence-corrected chi connectivity index (χ3v) is 6.98. The number of hydrogen-bond acceptors (Lipinski definition) is 4. The summed E-state index contributed by atoms with van der Waals surface area (Å²) in [6, 6.07) is 10.2. The standard InChI is InChI=1S/C24H34N4O3/c29-22-17-26(15-11-25-22)18-23(30)27-13-9-20(10-14-27)21-8-4-5-12-28(24(21)31)16-19-6-2-1-3-7-19/h1-3,6-7,20-21H,4-5,8-18H2,(H,25,29)/t21-/m1/s1. The molecule has 1 atom stereocenters. The number of piperazine rings is 1. The lowest BCUT2D eigenvalue weighted by Crippen LogP contribution is -2.52. The summed E-state index contributed by atoms with van der Waals surface area (Å²) in [5, 5.41) is 2.79. The molecule has 0 radical (unpaired) electrons. The first kappa shape index (κ1) is 21.8. The highest BCUT2D eigenvalue weighted by Gasteiger charge is 2.36. The van der Waals surface area contributed by atoms with Crippen LogP contribution < -0.4 is 5.32 Å². The van der Waals surface area contributed by atoms with Crippen molar-refractivity contribution in [2.45, 2.75) is 38.6 Å². The Labute approximate surface area is 184 Å². The van der Waals surface area contributed by atoms with E-state index in [1.165, 1.54) is 5.56 Å². The zero-order valence-electron chi connectivity index (χ0n) is 18.3. The Bertz CT molecular complexity index is 776. The lowest BCUT2D eigenvalue weighted by Gasteiger charge is -2.37. The minimum Gasteiger partial charge on any atom is -0.354 e. The van der Waals surface area contributed by atoms with E-state index in [9.17, 15) is 14.4 Å². The normalized spacial score (nSPS) is 24.1. The minimum absolute atomic E-state index is 0.00955. The van der Waals surface area contributed by atoms with Crippen molar-refractivity contribution in [2.75, 3.05) is 45.8 Å². The Morgan fingerprint density at radius 3 is 2.48 bits per heavy atom. The van der Waals surface area contributed by atoms with Crippen LogP contribution in [0.1, 0.15) is 37.7 Å². The Hall–Kier alpha value is -2.41. The summed E-state index contributed by atoms with van der Waals surface area (Å²) in [7, 11) is 0. The molecule has 7 heteroatoms. The largest absolute Gasteiger partial charge is 0.354 e. The van der Waals surface area contributed by atoms with Crippen LogP contribution in [0.2, 0.25) is 0 Å². The zero-order valence-corrected chi connectivity index (χ0v) is 18.3. The van der Waals surface area contributed by atoms with Crippen LogP contribution >= 0.6 is 0 Å². The topological polar surface area (TPSA) is 73.0 Å². The fourth-order valence-electron chi connectivity index (χ4n) is 5.20. The highest BCUT2D eigenvalue weighted by atomic mass is 16.2. The molecule has 3 fully saturated rings. The van der Waals surface area contributed by atoms with E-state index >= 15 is 0 Å². The van der Waals surface area contributed by atoms with Crippen LogP contribution in [-0.2, 0) is 20.9 Å². The first-order valence-corrected chi connectivity index (χ1v) is 11.7. The van der Waals surface area contributed by atoms with Crippen molar-refractivity contribution in [3.8, 4) is 0 Å². The molecule has 3 aliphatic heterocycles. The average molecular weight is 427 g/mol. The van der Waals surface area contributed by atoms with E-state index in [1.807, 2.05) is 32.9 Å². The van der Waals surface area contributed by atoms with Crippen molar-refractivity contribution in [3.05, 3.63) is 35.9 Å². The number of likely N-dealkylation sites (tertiary alicyclic amines) is 2. The van der Waals surface area contributed by atoms with Crippen LogP contribution in [0.5, 0.6) is 0 Å². The van der Waals surface area contributed by atoms with Crippen LogP contribution in [0.4, 0.5) is 0 Å². The van der Waals surface area contributed by atoms with Crippen molar-refractivity contribution in [1.29, 1.82) is 0 Å². The maximum absolute atomic E-state index is 13.4. The molecule has 168 valence electrons. The van der Waals surface area contributed by atoms with Crippen LogP contribution in [0.25, 0.3) is 0 Å². The predicted octanol–water partition coefficient (Wildman–Crippen LogP) is 1.49. The predicted molar refractivity (Wildman–Crippen MR) is 118 cm³/mol. The van der Waals surface area contributed by atoms with Gasteiger partial charge in [-0.15, -0.1) is 0 Å². The van der Waals surface area contributed by atoms with Crippen molar-refractivity contribution in [3.63, 3.8) is 0 Å². The smallest absolute Gasteiger partial charge is 0.236 e. The molecule has 4 rings (SSSR count). The van der Waals surface area contributed by atoms with E-state index in [0.29, 0.717) is 51.1 Å². The molecule has 0 spiro atoms. The molecule has 1 aromatic carbocycles. The van der Waals surface area contributed by atoms with Crippen LogP contribution in [0, 0.1) is 11.8 Å². The van der Waals surface area contributed by atoms with Gasteiger partial charge in [0.15, 0.2) is 0 Å². The lowest BCUT2D eigenvalue weighted by atomic mass is 9.81. The van der Waals surface area contributed by atoms with Gasteiger partial charge >= 0.3 is 0 Å². The van der Waals surface area contributed by atoms with E-state index in [2.05, 4.69) is 17.4 Å². The molecule has 0 saturated carbocycles. The summed E-state index contributed by atoms with van der Waals surface area (Å²) in [5.74, 6) is 0.823. The molecule has 3 saturated heterocycles. The second-order valence-electron chi connectivity index (χ2n) is 9.13. The van der Waals surface area contributed by atoms with Gasteiger partial charge in [0, 0.05) is 45.2 Å². The molecular weight excluding hydrogens is 392 g/mol. The maximum atomic E-state index is 13.4. The summed E-state index contributed by atoms with van der Waals surface area (Å²) in [5.41, 5.74) is 1.18. The number of benzene rings is 1. The molecule has 0 bridgehead atoms. The van der Waals surface area contributed by atoms with Gasteiger partial charge in [-0.05, 0) is 37.2 Å². The van der Waals surface area contributed by atoms with Gasteiger partial charge in [-0.1, -0.05) is 36.8 Å². The Morgan fingerprint density at radius 2 is 1.74 bits per heavy atom. The molecule has 1 N–H and O–H groups in total. The number of nitrogens with zero attached hydrogens (tertiary/aromatic N) is 3. The molecular formula is C24H34N4O3. The van der Waals surface area contributed by atoms with Crippen molar-refractivity contribution < 1.29 is 14.4 Å². The molecule has 0 aliphatic carbocycles. The van der Waals surface area contributed by atoms with Crippen LogP contribution in [0.15, 0.2) is 30.3 Å². The molecule has 0 aromatic heterocycles. The zero-order chi connectivity index (χ0) is 21.6. The van der Waals surface area contributed by atoms with Gasteiger partial charge in [0.2, 0.25) is 17.7 Å². The van der Waals surface area contributed by atoms with Crippen molar-refractivity contribution in [2.24, 2.45) is 11.8 Å². The van der Waals surface area contributed by atoms with Crippen LogP contribution in [0.3, 0.4) is 0 Å². The molecule has 7 nitrogen and oxygen atoms in total. The number of amides is 3. The lowest BCUT2D eigenvalue weighted by molar-refractivity contribution is -0.139. The fraction of sp³-hybridized carbons (Fsp3) is 0.625. The summed E-state index contributed by atoms with van der Waals surface area (Å²) in [4.78, 5) is 43.5. The number of rotatable bonds is 5. The highest BCUT2D eigenvalue weighted by Crippen LogP contribution is 2.32. The fourth-order valence-corrected chi connectivity index (χ4v) is 5.20. The Kier molecular flexibility index (Phi) is 7.22. The number of carbonyl (C=O) groups is 3. The number of nitrogens with one attached hydrogen (secondary N) is 1. The molecule has 0 unspecified atom stereocenters. The third kappa shape index (κ3) is 5.64. The van der Waals surface area contributed by atoms with E-state index in [1.54, 1.807) is 0 Å². The molecule has 31 heavy (non-hydrogen) atoms. The van der Waals surface area contributed by atoms with E-state index in [-0.39, 0.29) is 17.7 Å². The quantitative estimate of drug-likeness (QED) is 0.774. The van der Waals surface area contributed by atoms with E-state index < -0.39 is 0 Å². The SMILES string of the molecule is O=C1CN(CC(=O)N2CCC([C@H]3CCCCN(Cc4ccccc4)C3=O)CC2)CCN1. The third-order valence-electron chi connectivity index (χ3n) is 6.98. The summed E-state index contributed by atoms with van der Waals surface area (Å²) < 4.78 is 0. The second kappa shape index (κ2) is 10.3. The van der Waals surface area contributed by atoms with Gasteiger partial charge in [-0.3, -0.25) is 19.3 Å². The van der Waals surface area contributed by atoms with Gasteiger partial charge in [0.1, 0.15) is 0 Å². The van der Waals surface area contributed by atoms with Crippen LogP contribution in [-0.4, -0.2) is 78.2 Å². The van der Waals surface area contributed by atoms with Gasteiger partial charge in [-0.2, -0.15) is 0 Å². The molecule has 3 heterocycles. The van der Waals surface area contributed by atoms with Crippen molar-refractivity contribution in [1.82, 2.24) is 20.0 Å². The summed E-state index contributed by atoms with van der Waals surface area (Å²) in [6.45, 7) is 4.90. The Balaban J connectivity index is 1.30. The van der Waals surface area contributed by atoms with Gasteiger partial charge < -0.3 is 15.1 Å². The summed E-state index contributed by atoms with van der Waals surface area (Å²) in [6.07, 6.45) is 4.91. The first-order chi connectivity index (χ1) is 15.1. The number of carbonyl (C=O) groups excluding carboxylic acids is 3. The van der Waals surface area contributed by atoms with E-state index in [0.717, 1.165) is 45.2 Å². The minimum atomic E-state index is -0.00955. The number of piperidine rings is 1. The molecule has 1 aromatic rings. The summed E-state index contributed by atoms with van der Waals surface area (Å²) >= 11 is 0. The molecule has 3 amide bonds. The van der Waals surface area contributed by atoms with Crippen molar-refractivity contribution >= 4 is 17.7 Å². The maximum Gasteiger partial charge on any atom is 0.236 e. The van der Waals surface area contributed by atoms with Gasteiger partial charge in [0.25, 0.3) is 0 Å². The number of hydrogen-bond donors (Lipinski definition) is 1. The van der Waals surface area contributed by atoms with Gasteiger partial charge in [0.05, 0.1) is 13.1 Å².